The molecule has 1 aliphatic heterocycles. The summed E-state index contributed by atoms with van der Waals surface area (Å²) in [5.74, 6) is -0.831. The van der Waals surface area contributed by atoms with E-state index in [0.717, 1.165) is 5.57 Å². The van der Waals surface area contributed by atoms with Crippen molar-refractivity contribution in [2.45, 2.75) is 72.0 Å². The van der Waals surface area contributed by atoms with Gasteiger partial charge in [0.15, 0.2) is 11.9 Å². The monoisotopic (exact) mass is 334 g/mol. The normalized spacial score (nSPS) is 33.0. The van der Waals surface area contributed by atoms with Gasteiger partial charge >= 0.3 is 5.97 Å². The standard InChI is InChI=1S/C19H26O5/c1-11(2)6-7-18(5)16(22)13(4)14(8-12(3)20)9-19(18)10-15(21)17(23)24-19/h6,15,21H,7-10H2,1-5H3/t15-,18+,19+/m1/s1. The van der Waals surface area contributed by atoms with Gasteiger partial charge in [0, 0.05) is 19.3 Å². The van der Waals surface area contributed by atoms with Crippen molar-refractivity contribution in [3.8, 4) is 0 Å². The number of aliphatic hydroxyl groups excluding tert-OH is 1. The summed E-state index contributed by atoms with van der Waals surface area (Å²) in [4.78, 5) is 36.6. The second-order valence-electron chi connectivity index (χ2n) is 7.57. The van der Waals surface area contributed by atoms with Crippen LogP contribution >= 0.6 is 0 Å². The number of carbonyl (C=O) groups excluding carboxylic acids is 3. The van der Waals surface area contributed by atoms with Gasteiger partial charge in [-0.05, 0) is 46.6 Å². The highest BCUT2D eigenvalue weighted by molar-refractivity contribution is 6.03. The van der Waals surface area contributed by atoms with Crippen molar-refractivity contribution in [3.05, 3.63) is 22.8 Å². The number of hydrogen-bond acceptors (Lipinski definition) is 5. The smallest absolute Gasteiger partial charge is 0.335 e. The number of ether oxygens (including phenoxy) is 1. The Morgan fingerprint density at radius 1 is 1.33 bits per heavy atom. The van der Waals surface area contributed by atoms with Gasteiger partial charge in [-0.1, -0.05) is 17.2 Å². The van der Waals surface area contributed by atoms with Gasteiger partial charge in [0.1, 0.15) is 11.4 Å². The van der Waals surface area contributed by atoms with Crippen LogP contribution in [0, 0.1) is 5.41 Å². The van der Waals surface area contributed by atoms with Gasteiger partial charge in [-0.2, -0.15) is 0 Å². The first-order chi connectivity index (χ1) is 11.0. The van der Waals surface area contributed by atoms with Gasteiger partial charge in [0.25, 0.3) is 0 Å². The van der Waals surface area contributed by atoms with Gasteiger partial charge < -0.3 is 9.84 Å². The molecule has 0 radical (unpaired) electrons. The van der Waals surface area contributed by atoms with Gasteiger partial charge in [-0.3, -0.25) is 9.59 Å². The minimum atomic E-state index is -1.22. The zero-order valence-electron chi connectivity index (χ0n) is 15.1. The molecule has 1 N–H and O–H groups in total. The molecular formula is C19H26O5. The summed E-state index contributed by atoms with van der Waals surface area (Å²) in [6.45, 7) is 8.91. The van der Waals surface area contributed by atoms with Crippen molar-refractivity contribution in [2.24, 2.45) is 5.41 Å². The number of ketones is 2. The largest absolute Gasteiger partial charge is 0.456 e. The van der Waals surface area contributed by atoms with Crippen molar-refractivity contribution in [2.75, 3.05) is 0 Å². The SMILES string of the molecule is CC(=O)CC1=C(C)C(=O)[C@](C)(CC=C(C)C)[C@]2(C1)C[C@@H](O)C(=O)O2. The molecule has 0 amide bonds. The molecule has 1 heterocycles. The van der Waals surface area contributed by atoms with Gasteiger partial charge in [-0.15, -0.1) is 0 Å². The molecule has 24 heavy (non-hydrogen) atoms. The van der Waals surface area contributed by atoms with Crippen molar-refractivity contribution in [1.29, 1.82) is 0 Å². The third-order valence-corrected chi connectivity index (χ3v) is 5.35. The van der Waals surface area contributed by atoms with Crippen molar-refractivity contribution < 1.29 is 24.2 Å². The quantitative estimate of drug-likeness (QED) is 0.631. The Labute approximate surface area is 142 Å². The van der Waals surface area contributed by atoms with E-state index >= 15 is 0 Å². The van der Waals surface area contributed by atoms with Crippen molar-refractivity contribution in [3.63, 3.8) is 0 Å². The average Bonchev–Trinajstić information content (AvgIpc) is 2.76. The fourth-order valence-corrected chi connectivity index (χ4v) is 3.78. The van der Waals surface area contributed by atoms with Crippen LogP contribution < -0.4 is 0 Å². The van der Waals surface area contributed by atoms with E-state index in [2.05, 4.69) is 0 Å². The Hall–Kier alpha value is -1.75. The lowest BCUT2D eigenvalue weighted by molar-refractivity contribution is -0.167. The highest BCUT2D eigenvalue weighted by atomic mass is 16.6. The molecule has 1 spiro atoms. The molecule has 1 aliphatic carbocycles. The first-order valence-corrected chi connectivity index (χ1v) is 8.29. The summed E-state index contributed by atoms with van der Waals surface area (Å²) < 4.78 is 5.60. The maximum atomic E-state index is 13.2. The second-order valence-corrected chi connectivity index (χ2v) is 7.57. The Morgan fingerprint density at radius 2 is 1.96 bits per heavy atom. The van der Waals surface area contributed by atoms with E-state index in [-0.39, 0.29) is 24.4 Å². The highest BCUT2D eigenvalue weighted by Gasteiger charge is 2.62. The van der Waals surface area contributed by atoms with Crippen LogP contribution in [-0.2, 0) is 19.1 Å². The van der Waals surface area contributed by atoms with E-state index in [1.54, 1.807) is 13.8 Å². The van der Waals surface area contributed by atoms with E-state index in [1.807, 2.05) is 19.9 Å². The number of rotatable bonds is 4. The molecule has 0 unspecified atom stereocenters. The lowest BCUT2D eigenvalue weighted by Crippen LogP contribution is -2.54. The third kappa shape index (κ3) is 2.97. The summed E-state index contributed by atoms with van der Waals surface area (Å²) in [7, 11) is 0. The molecular weight excluding hydrogens is 308 g/mol. The maximum absolute atomic E-state index is 13.2. The summed E-state index contributed by atoms with van der Waals surface area (Å²) in [6, 6.07) is 0. The summed E-state index contributed by atoms with van der Waals surface area (Å²) in [6.07, 6.45) is 1.74. The van der Waals surface area contributed by atoms with Crippen LogP contribution in [0.5, 0.6) is 0 Å². The number of aliphatic hydroxyl groups is 1. The van der Waals surface area contributed by atoms with Crippen LogP contribution in [0.3, 0.4) is 0 Å². The van der Waals surface area contributed by atoms with Gasteiger partial charge in [0.2, 0.25) is 0 Å². The molecule has 0 aromatic carbocycles. The number of allylic oxidation sites excluding steroid dienone is 3. The Morgan fingerprint density at radius 3 is 2.42 bits per heavy atom. The van der Waals surface area contributed by atoms with Crippen molar-refractivity contribution >= 4 is 17.5 Å². The van der Waals surface area contributed by atoms with Gasteiger partial charge in [-0.25, -0.2) is 4.79 Å². The van der Waals surface area contributed by atoms with E-state index < -0.39 is 23.1 Å². The molecule has 5 nitrogen and oxygen atoms in total. The molecule has 0 aromatic rings. The molecule has 5 heteroatoms. The molecule has 132 valence electrons. The molecule has 0 saturated carbocycles. The van der Waals surface area contributed by atoms with Crippen molar-refractivity contribution in [1.82, 2.24) is 0 Å². The van der Waals surface area contributed by atoms with E-state index in [1.165, 1.54) is 6.92 Å². The summed E-state index contributed by atoms with van der Waals surface area (Å²) in [5, 5.41) is 9.96. The zero-order chi connectivity index (χ0) is 18.3. The number of hydrogen-bond donors (Lipinski definition) is 1. The molecule has 0 aromatic heterocycles. The number of Topliss-reactive ketones (excluding diaryl/α,β-unsaturated/α-hetero) is 2. The molecule has 1 saturated heterocycles. The van der Waals surface area contributed by atoms with Gasteiger partial charge in [0.05, 0.1) is 5.41 Å². The Bertz CT molecular complexity index is 653. The summed E-state index contributed by atoms with van der Waals surface area (Å²) in [5.41, 5.74) is 0.334. The minimum Gasteiger partial charge on any atom is -0.456 e. The topological polar surface area (TPSA) is 80.7 Å². The molecule has 2 rings (SSSR count). The van der Waals surface area contributed by atoms with Crippen LogP contribution in [0.25, 0.3) is 0 Å². The fourth-order valence-electron chi connectivity index (χ4n) is 3.78. The predicted molar refractivity (Wildman–Crippen MR) is 89.2 cm³/mol. The number of esters is 1. The first kappa shape index (κ1) is 18.6. The first-order valence-electron chi connectivity index (χ1n) is 8.29. The fraction of sp³-hybridized carbons (Fsp3) is 0.632. The maximum Gasteiger partial charge on any atom is 0.335 e. The Balaban J connectivity index is 2.56. The average molecular weight is 334 g/mol. The molecule has 0 bridgehead atoms. The third-order valence-electron chi connectivity index (χ3n) is 5.35. The second kappa shape index (κ2) is 6.28. The number of carbonyl (C=O) groups is 3. The molecule has 1 fully saturated rings. The van der Waals surface area contributed by atoms with E-state index in [9.17, 15) is 19.5 Å². The van der Waals surface area contributed by atoms with Crippen LogP contribution in [0.4, 0.5) is 0 Å². The van der Waals surface area contributed by atoms with E-state index in [4.69, 9.17) is 4.74 Å². The Kier molecular flexibility index (Phi) is 4.86. The highest BCUT2D eigenvalue weighted by Crippen LogP contribution is 2.54. The van der Waals surface area contributed by atoms with Crippen LogP contribution in [0.1, 0.15) is 60.3 Å². The minimum absolute atomic E-state index is 0.0370. The van der Waals surface area contributed by atoms with Crippen LogP contribution in [0.15, 0.2) is 22.8 Å². The lowest BCUT2D eigenvalue weighted by atomic mass is 9.58. The van der Waals surface area contributed by atoms with E-state index in [0.29, 0.717) is 24.0 Å². The molecule has 2 aliphatic rings. The van der Waals surface area contributed by atoms with Crippen LogP contribution in [0.2, 0.25) is 0 Å². The lowest BCUT2D eigenvalue weighted by Gasteiger charge is -2.47. The predicted octanol–water partition coefficient (Wildman–Crippen LogP) is 2.66. The van der Waals surface area contributed by atoms with Crippen LogP contribution in [-0.4, -0.2) is 34.3 Å². The zero-order valence-corrected chi connectivity index (χ0v) is 15.1. The summed E-state index contributed by atoms with van der Waals surface area (Å²) >= 11 is 0. The molecule has 3 atom stereocenters.